The number of hydrogen-bond acceptors (Lipinski definition) is 5. The number of nitrogens with one attached hydrogen (secondary N) is 1. The van der Waals surface area contributed by atoms with Crippen LogP contribution in [-0.4, -0.2) is 32.9 Å². The normalized spacial score (nSPS) is 12.0. The largest absolute Gasteiger partial charge is 0.508 e. The van der Waals surface area contributed by atoms with Crippen molar-refractivity contribution >= 4 is 17.7 Å². The van der Waals surface area contributed by atoms with Gasteiger partial charge in [-0.15, -0.1) is 0 Å². The summed E-state index contributed by atoms with van der Waals surface area (Å²) >= 11 is 0. The molecule has 0 aliphatic rings. The number of carbonyl (C=O) groups excluding carboxylic acids is 2. The second-order valence-electron chi connectivity index (χ2n) is 5.34. The fourth-order valence-corrected chi connectivity index (χ4v) is 1.93. The predicted molar refractivity (Wildman–Crippen MR) is 84.2 cm³/mol. The summed E-state index contributed by atoms with van der Waals surface area (Å²) in [5, 5.41) is 16.0. The summed E-state index contributed by atoms with van der Waals surface area (Å²) in [7, 11) is 0. The lowest BCUT2D eigenvalue weighted by atomic mass is 10.2. The molecule has 0 saturated heterocycles. The third-order valence-electron chi connectivity index (χ3n) is 3.17. The minimum absolute atomic E-state index is 0.0503. The van der Waals surface area contributed by atoms with Gasteiger partial charge in [0.15, 0.2) is 6.10 Å². The second kappa shape index (κ2) is 6.95. The average molecular weight is 317 g/mol. The molecule has 2 rings (SSSR count). The number of benzene rings is 1. The molecule has 122 valence electrons. The van der Waals surface area contributed by atoms with E-state index < -0.39 is 18.0 Å². The van der Waals surface area contributed by atoms with Gasteiger partial charge in [0.1, 0.15) is 11.6 Å². The SMILES string of the molecule is CC(C)n1nccc1NC(=O)[C@@H](C)OC(=O)c1ccc(O)cc1. The molecule has 1 heterocycles. The van der Waals surface area contributed by atoms with Crippen molar-refractivity contribution in [2.24, 2.45) is 0 Å². The van der Waals surface area contributed by atoms with Crippen LogP contribution in [0, 0.1) is 0 Å². The van der Waals surface area contributed by atoms with Crippen LogP contribution in [0.1, 0.15) is 37.2 Å². The van der Waals surface area contributed by atoms with E-state index in [-0.39, 0.29) is 17.4 Å². The summed E-state index contributed by atoms with van der Waals surface area (Å²) in [4.78, 5) is 24.1. The maximum absolute atomic E-state index is 12.1. The van der Waals surface area contributed by atoms with E-state index in [0.29, 0.717) is 5.82 Å². The molecule has 0 aliphatic heterocycles. The molecule has 0 unspecified atom stereocenters. The molecule has 1 amide bonds. The van der Waals surface area contributed by atoms with Crippen molar-refractivity contribution in [1.29, 1.82) is 0 Å². The number of phenols is 1. The Hall–Kier alpha value is -2.83. The first kappa shape index (κ1) is 16.5. The molecule has 1 atom stereocenters. The van der Waals surface area contributed by atoms with Crippen molar-refractivity contribution in [3.8, 4) is 5.75 Å². The van der Waals surface area contributed by atoms with Crippen LogP contribution in [-0.2, 0) is 9.53 Å². The smallest absolute Gasteiger partial charge is 0.338 e. The Morgan fingerprint density at radius 1 is 1.17 bits per heavy atom. The summed E-state index contributed by atoms with van der Waals surface area (Å²) in [6, 6.07) is 7.37. The number of hydrogen-bond donors (Lipinski definition) is 2. The van der Waals surface area contributed by atoms with Crippen LogP contribution in [0.2, 0.25) is 0 Å². The Morgan fingerprint density at radius 3 is 2.43 bits per heavy atom. The Balaban J connectivity index is 1.98. The summed E-state index contributed by atoms with van der Waals surface area (Å²) in [5.74, 6) is -0.489. The number of amides is 1. The maximum Gasteiger partial charge on any atom is 0.338 e. The first-order chi connectivity index (χ1) is 10.9. The van der Waals surface area contributed by atoms with Gasteiger partial charge in [0.05, 0.1) is 11.8 Å². The summed E-state index contributed by atoms with van der Waals surface area (Å²) in [6.07, 6.45) is 0.620. The van der Waals surface area contributed by atoms with Gasteiger partial charge in [0.25, 0.3) is 5.91 Å². The number of rotatable bonds is 5. The number of anilines is 1. The van der Waals surface area contributed by atoms with E-state index in [1.807, 2.05) is 13.8 Å². The molecule has 23 heavy (non-hydrogen) atoms. The van der Waals surface area contributed by atoms with Gasteiger partial charge < -0.3 is 15.2 Å². The highest BCUT2D eigenvalue weighted by molar-refractivity contribution is 5.96. The first-order valence-corrected chi connectivity index (χ1v) is 7.23. The number of phenolic OH excluding ortho intramolecular Hbond substituents is 1. The van der Waals surface area contributed by atoms with Gasteiger partial charge in [-0.3, -0.25) is 4.79 Å². The lowest BCUT2D eigenvalue weighted by Gasteiger charge is -2.15. The summed E-state index contributed by atoms with van der Waals surface area (Å²) < 4.78 is 6.78. The zero-order valence-electron chi connectivity index (χ0n) is 13.2. The van der Waals surface area contributed by atoms with Crippen molar-refractivity contribution < 1.29 is 19.4 Å². The highest BCUT2D eigenvalue weighted by Crippen LogP contribution is 2.15. The topological polar surface area (TPSA) is 93.5 Å². The van der Waals surface area contributed by atoms with E-state index in [1.165, 1.54) is 31.2 Å². The predicted octanol–water partition coefficient (Wildman–Crippen LogP) is 2.35. The van der Waals surface area contributed by atoms with Crippen molar-refractivity contribution in [3.05, 3.63) is 42.1 Å². The Morgan fingerprint density at radius 2 is 1.83 bits per heavy atom. The third kappa shape index (κ3) is 4.09. The number of aromatic nitrogens is 2. The quantitative estimate of drug-likeness (QED) is 0.826. The van der Waals surface area contributed by atoms with Crippen LogP contribution < -0.4 is 5.32 Å². The minimum atomic E-state index is -0.966. The highest BCUT2D eigenvalue weighted by atomic mass is 16.5. The molecular formula is C16H19N3O4. The van der Waals surface area contributed by atoms with Crippen molar-refractivity contribution in [1.82, 2.24) is 9.78 Å². The van der Waals surface area contributed by atoms with Crippen LogP contribution in [0.5, 0.6) is 5.75 Å². The lowest BCUT2D eigenvalue weighted by molar-refractivity contribution is -0.123. The van der Waals surface area contributed by atoms with Gasteiger partial charge >= 0.3 is 5.97 Å². The molecule has 7 heteroatoms. The van der Waals surface area contributed by atoms with E-state index in [9.17, 15) is 14.7 Å². The Bertz CT molecular complexity index is 692. The van der Waals surface area contributed by atoms with Crippen molar-refractivity contribution in [2.45, 2.75) is 32.9 Å². The maximum atomic E-state index is 12.1. The zero-order chi connectivity index (χ0) is 17.0. The molecule has 0 saturated carbocycles. The Kier molecular flexibility index (Phi) is 5.00. The van der Waals surface area contributed by atoms with E-state index >= 15 is 0 Å². The zero-order valence-corrected chi connectivity index (χ0v) is 13.2. The van der Waals surface area contributed by atoms with E-state index in [4.69, 9.17) is 4.74 Å². The molecule has 2 N–H and O–H groups in total. The molecule has 1 aromatic heterocycles. The Labute approximate surface area is 133 Å². The average Bonchev–Trinajstić information content (AvgIpc) is 2.96. The van der Waals surface area contributed by atoms with Gasteiger partial charge in [-0.05, 0) is 45.0 Å². The van der Waals surface area contributed by atoms with Gasteiger partial charge in [-0.25, -0.2) is 9.48 Å². The number of ether oxygens (including phenoxy) is 1. The van der Waals surface area contributed by atoms with Crippen LogP contribution in [0.3, 0.4) is 0 Å². The van der Waals surface area contributed by atoms with Gasteiger partial charge in [0, 0.05) is 12.1 Å². The number of nitrogens with zero attached hydrogens (tertiary/aromatic N) is 2. The number of aromatic hydroxyl groups is 1. The van der Waals surface area contributed by atoms with Gasteiger partial charge in [0.2, 0.25) is 0 Å². The number of carbonyl (C=O) groups is 2. The van der Waals surface area contributed by atoms with Crippen molar-refractivity contribution in [3.63, 3.8) is 0 Å². The molecule has 1 aromatic carbocycles. The second-order valence-corrected chi connectivity index (χ2v) is 5.34. The standard InChI is InChI=1S/C16H19N3O4/c1-10(2)19-14(8-9-17-19)18-15(21)11(3)23-16(22)12-4-6-13(20)7-5-12/h4-11,20H,1-3H3,(H,18,21)/t11-/m1/s1. The third-order valence-corrected chi connectivity index (χ3v) is 3.17. The lowest BCUT2D eigenvalue weighted by Crippen LogP contribution is -2.31. The summed E-state index contributed by atoms with van der Waals surface area (Å²) in [6.45, 7) is 5.37. The van der Waals surface area contributed by atoms with Crippen molar-refractivity contribution in [2.75, 3.05) is 5.32 Å². The van der Waals surface area contributed by atoms with Gasteiger partial charge in [-0.2, -0.15) is 5.10 Å². The fraction of sp³-hybridized carbons (Fsp3) is 0.312. The van der Waals surface area contributed by atoms with Crippen LogP contribution in [0.25, 0.3) is 0 Å². The molecule has 0 radical (unpaired) electrons. The fourth-order valence-electron chi connectivity index (χ4n) is 1.93. The van der Waals surface area contributed by atoms with E-state index in [0.717, 1.165) is 0 Å². The molecule has 0 bridgehead atoms. The highest BCUT2D eigenvalue weighted by Gasteiger charge is 2.20. The molecule has 0 fully saturated rings. The molecule has 7 nitrogen and oxygen atoms in total. The van der Waals surface area contributed by atoms with E-state index in [2.05, 4.69) is 10.4 Å². The van der Waals surface area contributed by atoms with Crippen LogP contribution in [0.4, 0.5) is 5.82 Å². The molecular weight excluding hydrogens is 298 g/mol. The molecule has 2 aromatic rings. The molecule has 0 spiro atoms. The summed E-state index contributed by atoms with van der Waals surface area (Å²) in [5.41, 5.74) is 0.259. The van der Waals surface area contributed by atoms with Crippen LogP contribution in [0.15, 0.2) is 36.5 Å². The minimum Gasteiger partial charge on any atom is -0.508 e. The molecule has 0 aliphatic carbocycles. The van der Waals surface area contributed by atoms with Gasteiger partial charge in [-0.1, -0.05) is 0 Å². The monoisotopic (exact) mass is 317 g/mol. The van der Waals surface area contributed by atoms with Crippen LogP contribution >= 0.6 is 0 Å². The number of esters is 1. The van der Waals surface area contributed by atoms with E-state index in [1.54, 1.807) is 16.9 Å². The first-order valence-electron chi connectivity index (χ1n) is 7.23.